The van der Waals surface area contributed by atoms with E-state index in [9.17, 15) is 9.59 Å². The van der Waals surface area contributed by atoms with E-state index in [2.05, 4.69) is 4.74 Å². The Morgan fingerprint density at radius 1 is 1.08 bits per heavy atom. The zero-order chi connectivity index (χ0) is 9.26. The molecule has 0 aliphatic carbocycles. The normalized spacial score (nSPS) is 16.3. The van der Waals surface area contributed by atoms with Crippen LogP contribution in [0.5, 0.6) is 5.75 Å². The molecule has 1 saturated heterocycles. The van der Waals surface area contributed by atoms with Gasteiger partial charge < -0.3 is 9.47 Å². The van der Waals surface area contributed by atoms with Crippen molar-refractivity contribution < 1.29 is 19.1 Å². The smallest absolute Gasteiger partial charge is 0.367 e. The van der Waals surface area contributed by atoms with Crippen LogP contribution in [0, 0.1) is 0 Å². The number of para-hydroxylation sites is 1. The van der Waals surface area contributed by atoms with E-state index in [-0.39, 0.29) is 0 Å². The standard InChI is InChI=1S/C9H6O4/c10-8-7(9(11)13-8)12-6-4-2-1-3-5-6/h1-5,7H. The Kier molecular flexibility index (Phi) is 1.73. The first-order valence-electron chi connectivity index (χ1n) is 3.74. The third kappa shape index (κ3) is 1.38. The van der Waals surface area contributed by atoms with Crippen molar-refractivity contribution in [2.75, 3.05) is 0 Å². The van der Waals surface area contributed by atoms with Crippen LogP contribution in [-0.4, -0.2) is 18.0 Å². The van der Waals surface area contributed by atoms with Crippen LogP contribution < -0.4 is 4.74 Å². The van der Waals surface area contributed by atoms with Gasteiger partial charge in [0, 0.05) is 0 Å². The van der Waals surface area contributed by atoms with Crippen molar-refractivity contribution in [1.82, 2.24) is 0 Å². The fourth-order valence-electron chi connectivity index (χ4n) is 0.976. The van der Waals surface area contributed by atoms with Gasteiger partial charge in [0.05, 0.1) is 0 Å². The molecule has 66 valence electrons. The first-order chi connectivity index (χ1) is 6.27. The molecule has 1 aliphatic heterocycles. The van der Waals surface area contributed by atoms with Crippen molar-refractivity contribution in [2.24, 2.45) is 0 Å². The van der Waals surface area contributed by atoms with Gasteiger partial charge in [-0.3, -0.25) is 0 Å². The second-order valence-corrected chi connectivity index (χ2v) is 2.55. The van der Waals surface area contributed by atoms with Gasteiger partial charge in [-0.05, 0) is 12.1 Å². The summed E-state index contributed by atoms with van der Waals surface area (Å²) in [5.41, 5.74) is 0. The number of hydrogen-bond donors (Lipinski definition) is 0. The first-order valence-corrected chi connectivity index (χ1v) is 3.74. The molecule has 0 bridgehead atoms. The van der Waals surface area contributed by atoms with Gasteiger partial charge in [-0.1, -0.05) is 18.2 Å². The number of hydrogen-bond acceptors (Lipinski definition) is 4. The molecule has 13 heavy (non-hydrogen) atoms. The molecule has 0 aromatic heterocycles. The van der Waals surface area contributed by atoms with E-state index >= 15 is 0 Å². The van der Waals surface area contributed by atoms with Crippen LogP contribution in [0.25, 0.3) is 0 Å². The largest absolute Gasteiger partial charge is 0.467 e. The summed E-state index contributed by atoms with van der Waals surface area (Å²) < 4.78 is 9.17. The maximum atomic E-state index is 10.7. The average molecular weight is 178 g/mol. The van der Waals surface area contributed by atoms with Crippen LogP contribution in [0.3, 0.4) is 0 Å². The van der Waals surface area contributed by atoms with E-state index in [0.29, 0.717) is 5.75 Å². The molecule has 2 rings (SSSR count). The summed E-state index contributed by atoms with van der Waals surface area (Å²) in [5, 5.41) is 0. The minimum Gasteiger partial charge on any atom is -0.467 e. The monoisotopic (exact) mass is 178 g/mol. The Labute approximate surface area is 74.1 Å². The van der Waals surface area contributed by atoms with Crippen molar-refractivity contribution in [2.45, 2.75) is 6.10 Å². The summed E-state index contributed by atoms with van der Waals surface area (Å²) >= 11 is 0. The van der Waals surface area contributed by atoms with Gasteiger partial charge in [0.25, 0.3) is 6.10 Å². The minimum atomic E-state index is -1.07. The van der Waals surface area contributed by atoms with E-state index in [0.717, 1.165) is 0 Å². The highest BCUT2D eigenvalue weighted by molar-refractivity contribution is 6.12. The Morgan fingerprint density at radius 3 is 2.23 bits per heavy atom. The molecular formula is C9H6O4. The molecule has 0 atom stereocenters. The highest BCUT2D eigenvalue weighted by atomic mass is 16.7. The number of ether oxygens (including phenoxy) is 2. The molecule has 4 heteroatoms. The molecule has 0 spiro atoms. The lowest BCUT2D eigenvalue weighted by atomic mass is 10.3. The number of benzene rings is 1. The van der Waals surface area contributed by atoms with E-state index in [1.165, 1.54) is 0 Å². The van der Waals surface area contributed by atoms with Gasteiger partial charge in [-0.15, -0.1) is 0 Å². The summed E-state index contributed by atoms with van der Waals surface area (Å²) in [4.78, 5) is 21.4. The third-order valence-corrected chi connectivity index (χ3v) is 1.63. The zero-order valence-electron chi connectivity index (χ0n) is 6.60. The molecule has 1 aromatic carbocycles. The number of esters is 2. The molecule has 0 amide bonds. The first kappa shape index (κ1) is 7.79. The maximum Gasteiger partial charge on any atom is 0.367 e. The molecule has 1 heterocycles. The second kappa shape index (κ2) is 2.90. The third-order valence-electron chi connectivity index (χ3n) is 1.63. The molecule has 4 nitrogen and oxygen atoms in total. The van der Waals surface area contributed by atoms with Crippen LogP contribution >= 0.6 is 0 Å². The van der Waals surface area contributed by atoms with Crippen LogP contribution in [0.15, 0.2) is 30.3 Å². The lowest BCUT2D eigenvalue weighted by Crippen LogP contribution is -2.50. The van der Waals surface area contributed by atoms with Gasteiger partial charge >= 0.3 is 11.9 Å². The molecule has 0 radical (unpaired) electrons. The topological polar surface area (TPSA) is 52.6 Å². The van der Waals surface area contributed by atoms with Crippen LogP contribution in [-0.2, 0) is 14.3 Å². The molecule has 1 aliphatic rings. The molecule has 1 fully saturated rings. The van der Waals surface area contributed by atoms with Crippen LogP contribution in [0.2, 0.25) is 0 Å². The Morgan fingerprint density at radius 2 is 1.69 bits per heavy atom. The van der Waals surface area contributed by atoms with E-state index < -0.39 is 18.0 Å². The van der Waals surface area contributed by atoms with Gasteiger partial charge in [-0.2, -0.15) is 0 Å². The predicted octanol–water partition coefficient (Wildman–Crippen LogP) is 0.517. The van der Waals surface area contributed by atoms with E-state index in [1.807, 2.05) is 6.07 Å². The van der Waals surface area contributed by atoms with Crippen molar-refractivity contribution >= 4 is 11.9 Å². The summed E-state index contributed by atoms with van der Waals surface area (Å²) in [6.07, 6.45) is -1.07. The van der Waals surface area contributed by atoms with Gasteiger partial charge in [0.1, 0.15) is 5.75 Å². The summed E-state index contributed by atoms with van der Waals surface area (Å²) in [7, 11) is 0. The van der Waals surface area contributed by atoms with Gasteiger partial charge in [-0.25, -0.2) is 9.59 Å². The Hall–Kier alpha value is -1.84. The molecule has 1 aromatic rings. The minimum absolute atomic E-state index is 0.484. The lowest BCUT2D eigenvalue weighted by molar-refractivity contribution is -0.189. The SMILES string of the molecule is O=C1OC(=O)C1Oc1ccccc1. The number of cyclic esters (lactones) is 2. The van der Waals surface area contributed by atoms with E-state index in [4.69, 9.17) is 4.74 Å². The Balaban J connectivity index is 2.07. The lowest BCUT2D eigenvalue weighted by Gasteiger charge is -2.22. The van der Waals surface area contributed by atoms with Crippen molar-refractivity contribution in [3.8, 4) is 5.75 Å². The van der Waals surface area contributed by atoms with Crippen molar-refractivity contribution in [3.63, 3.8) is 0 Å². The molecular weight excluding hydrogens is 172 g/mol. The summed E-state index contributed by atoms with van der Waals surface area (Å²) in [6.45, 7) is 0. The fourth-order valence-corrected chi connectivity index (χ4v) is 0.976. The number of carbonyl (C=O) groups excluding carboxylic acids is 2. The zero-order valence-corrected chi connectivity index (χ0v) is 6.60. The predicted molar refractivity (Wildman–Crippen MR) is 42.0 cm³/mol. The van der Waals surface area contributed by atoms with Crippen molar-refractivity contribution in [3.05, 3.63) is 30.3 Å². The highest BCUT2D eigenvalue weighted by Crippen LogP contribution is 2.16. The molecule has 0 unspecified atom stereocenters. The quantitative estimate of drug-likeness (QED) is 0.489. The average Bonchev–Trinajstić information content (AvgIpc) is 2.16. The number of carbonyl (C=O) groups is 2. The van der Waals surface area contributed by atoms with E-state index in [1.54, 1.807) is 24.3 Å². The highest BCUT2D eigenvalue weighted by Gasteiger charge is 2.44. The second-order valence-electron chi connectivity index (χ2n) is 2.55. The Bertz CT molecular complexity index is 330. The maximum absolute atomic E-state index is 10.7. The fraction of sp³-hybridized carbons (Fsp3) is 0.111. The molecule has 0 N–H and O–H groups in total. The van der Waals surface area contributed by atoms with Gasteiger partial charge in [0.2, 0.25) is 0 Å². The van der Waals surface area contributed by atoms with Crippen LogP contribution in [0.4, 0.5) is 0 Å². The number of rotatable bonds is 2. The van der Waals surface area contributed by atoms with Gasteiger partial charge in [0.15, 0.2) is 0 Å². The van der Waals surface area contributed by atoms with Crippen LogP contribution in [0.1, 0.15) is 0 Å². The summed E-state index contributed by atoms with van der Waals surface area (Å²) in [6, 6.07) is 8.65. The summed E-state index contributed by atoms with van der Waals surface area (Å²) in [5.74, 6) is -0.778. The van der Waals surface area contributed by atoms with Crippen molar-refractivity contribution in [1.29, 1.82) is 0 Å². The molecule has 0 saturated carbocycles.